The van der Waals surface area contributed by atoms with Crippen molar-refractivity contribution in [3.05, 3.63) is 47.8 Å². The van der Waals surface area contributed by atoms with Crippen molar-refractivity contribution in [3.8, 4) is 5.75 Å². The Bertz CT molecular complexity index is 522. The van der Waals surface area contributed by atoms with E-state index < -0.39 is 0 Å². The molecule has 1 unspecified atom stereocenters. The SMILES string of the molecule is COc1ccccc1CC(CO)Cc1ccn(C)n1. The smallest absolute Gasteiger partial charge is 0.122 e. The fourth-order valence-electron chi connectivity index (χ4n) is 2.25. The summed E-state index contributed by atoms with van der Waals surface area (Å²) in [5.41, 5.74) is 2.14. The molecule has 19 heavy (non-hydrogen) atoms. The van der Waals surface area contributed by atoms with E-state index in [-0.39, 0.29) is 12.5 Å². The molecule has 0 aliphatic heterocycles. The minimum Gasteiger partial charge on any atom is -0.496 e. The maximum atomic E-state index is 9.54. The zero-order chi connectivity index (χ0) is 13.7. The highest BCUT2D eigenvalue weighted by Gasteiger charge is 2.13. The second-order valence-electron chi connectivity index (χ2n) is 4.75. The monoisotopic (exact) mass is 260 g/mol. The van der Waals surface area contributed by atoms with Crippen LogP contribution in [0.5, 0.6) is 5.75 Å². The molecular formula is C15H20N2O2. The number of aliphatic hydroxyl groups is 1. The number of para-hydroxylation sites is 1. The topological polar surface area (TPSA) is 47.3 Å². The van der Waals surface area contributed by atoms with E-state index in [1.54, 1.807) is 11.8 Å². The fraction of sp³-hybridized carbons (Fsp3) is 0.400. The van der Waals surface area contributed by atoms with Crippen LogP contribution in [0.3, 0.4) is 0 Å². The zero-order valence-corrected chi connectivity index (χ0v) is 11.4. The van der Waals surface area contributed by atoms with Crippen molar-refractivity contribution < 1.29 is 9.84 Å². The highest BCUT2D eigenvalue weighted by atomic mass is 16.5. The molecule has 0 fully saturated rings. The average molecular weight is 260 g/mol. The van der Waals surface area contributed by atoms with Gasteiger partial charge in [0.05, 0.1) is 12.8 Å². The molecule has 0 saturated heterocycles. The summed E-state index contributed by atoms with van der Waals surface area (Å²) in [4.78, 5) is 0. The molecule has 1 heterocycles. The first-order chi connectivity index (χ1) is 9.22. The van der Waals surface area contributed by atoms with Gasteiger partial charge in [-0.05, 0) is 36.5 Å². The lowest BCUT2D eigenvalue weighted by Crippen LogP contribution is -2.14. The molecule has 1 atom stereocenters. The van der Waals surface area contributed by atoms with Crippen molar-refractivity contribution in [1.82, 2.24) is 9.78 Å². The molecule has 0 aliphatic rings. The van der Waals surface area contributed by atoms with E-state index in [4.69, 9.17) is 4.74 Å². The summed E-state index contributed by atoms with van der Waals surface area (Å²) in [5.74, 6) is 1.04. The van der Waals surface area contributed by atoms with Gasteiger partial charge in [0.15, 0.2) is 0 Å². The zero-order valence-electron chi connectivity index (χ0n) is 11.4. The Labute approximate surface area is 113 Å². The van der Waals surface area contributed by atoms with Gasteiger partial charge < -0.3 is 9.84 Å². The summed E-state index contributed by atoms with van der Waals surface area (Å²) in [7, 11) is 3.57. The third-order valence-corrected chi connectivity index (χ3v) is 3.23. The first-order valence-corrected chi connectivity index (χ1v) is 6.44. The minimum atomic E-state index is 0.147. The second kappa shape index (κ2) is 6.38. The molecular weight excluding hydrogens is 240 g/mol. The largest absolute Gasteiger partial charge is 0.496 e. The van der Waals surface area contributed by atoms with E-state index in [0.29, 0.717) is 0 Å². The lowest BCUT2D eigenvalue weighted by molar-refractivity contribution is 0.223. The first-order valence-electron chi connectivity index (χ1n) is 6.44. The standard InChI is InChI=1S/C15H20N2O2/c1-17-8-7-14(16-17)10-12(11-18)9-13-5-3-4-6-15(13)19-2/h3-8,12,18H,9-11H2,1-2H3. The van der Waals surface area contributed by atoms with Crippen LogP contribution < -0.4 is 4.74 Å². The molecule has 0 saturated carbocycles. The van der Waals surface area contributed by atoms with Crippen LogP contribution in [0.2, 0.25) is 0 Å². The van der Waals surface area contributed by atoms with Crippen molar-refractivity contribution >= 4 is 0 Å². The maximum Gasteiger partial charge on any atom is 0.122 e. The maximum absolute atomic E-state index is 9.54. The Morgan fingerprint density at radius 1 is 1.26 bits per heavy atom. The molecule has 0 spiro atoms. The molecule has 1 aromatic carbocycles. The van der Waals surface area contributed by atoms with Gasteiger partial charge in [0, 0.05) is 19.9 Å². The number of hydrogen-bond donors (Lipinski definition) is 1. The van der Waals surface area contributed by atoms with E-state index in [9.17, 15) is 5.11 Å². The number of ether oxygens (including phenoxy) is 1. The van der Waals surface area contributed by atoms with Gasteiger partial charge >= 0.3 is 0 Å². The number of aliphatic hydroxyl groups excluding tert-OH is 1. The molecule has 0 radical (unpaired) electrons. The Hall–Kier alpha value is -1.81. The van der Waals surface area contributed by atoms with Crippen molar-refractivity contribution in [1.29, 1.82) is 0 Å². The molecule has 1 N–H and O–H groups in total. The normalized spacial score (nSPS) is 12.4. The van der Waals surface area contributed by atoms with Gasteiger partial charge in [-0.2, -0.15) is 5.10 Å². The summed E-state index contributed by atoms with van der Waals surface area (Å²) >= 11 is 0. The predicted octanol–water partition coefficient (Wildman–Crippen LogP) is 1.82. The molecule has 1 aromatic heterocycles. The summed E-state index contributed by atoms with van der Waals surface area (Å²) in [6.45, 7) is 0.147. The van der Waals surface area contributed by atoms with Crippen molar-refractivity contribution in [2.45, 2.75) is 12.8 Å². The predicted molar refractivity (Wildman–Crippen MR) is 74.2 cm³/mol. The lowest BCUT2D eigenvalue weighted by atomic mass is 9.95. The summed E-state index contributed by atoms with van der Waals surface area (Å²) in [5, 5.41) is 13.9. The molecule has 0 amide bonds. The third-order valence-electron chi connectivity index (χ3n) is 3.23. The van der Waals surface area contributed by atoms with Gasteiger partial charge in [-0.3, -0.25) is 4.68 Å². The van der Waals surface area contributed by atoms with Crippen LogP contribution in [-0.4, -0.2) is 28.6 Å². The highest BCUT2D eigenvalue weighted by molar-refractivity contribution is 5.33. The Morgan fingerprint density at radius 2 is 2.05 bits per heavy atom. The van der Waals surface area contributed by atoms with Crippen molar-refractivity contribution in [2.24, 2.45) is 13.0 Å². The highest BCUT2D eigenvalue weighted by Crippen LogP contribution is 2.22. The number of hydrogen-bond acceptors (Lipinski definition) is 3. The Morgan fingerprint density at radius 3 is 2.68 bits per heavy atom. The van der Waals surface area contributed by atoms with E-state index >= 15 is 0 Å². The average Bonchev–Trinajstić information content (AvgIpc) is 2.84. The fourth-order valence-corrected chi connectivity index (χ4v) is 2.25. The number of aromatic nitrogens is 2. The van der Waals surface area contributed by atoms with Crippen LogP contribution in [-0.2, 0) is 19.9 Å². The van der Waals surface area contributed by atoms with Crippen molar-refractivity contribution in [3.63, 3.8) is 0 Å². The quantitative estimate of drug-likeness (QED) is 0.862. The molecule has 4 nitrogen and oxygen atoms in total. The van der Waals surface area contributed by atoms with Crippen molar-refractivity contribution in [2.75, 3.05) is 13.7 Å². The van der Waals surface area contributed by atoms with Gasteiger partial charge in [0.2, 0.25) is 0 Å². The van der Waals surface area contributed by atoms with Crippen LogP contribution in [0, 0.1) is 5.92 Å². The van der Waals surface area contributed by atoms with Crippen LogP contribution in [0.15, 0.2) is 36.5 Å². The number of methoxy groups -OCH3 is 1. The third kappa shape index (κ3) is 3.58. The molecule has 102 valence electrons. The second-order valence-corrected chi connectivity index (χ2v) is 4.75. The molecule has 2 rings (SSSR count). The van der Waals surface area contributed by atoms with E-state index in [2.05, 4.69) is 5.10 Å². The van der Waals surface area contributed by atoms with Crippen LogP contribution in [0.25, 0.3) is 0 Å². The van der Waals surface area contributed by atoms with Gasteiger partial charge in [0.25, 0.3) is 0 Å². The van der Waals surface area contributed by atoms with Crippen LogP contribution >= 0.6 is 0 Å². The summed E-state index contributed by atoms with van der Waals surface area (Å²) < 4.78 is 7.13. The molecule has 0 aliphatic carbocycles. The Balaban J connectivity index is 2.06. The van der Waals surface area contributed by atoms with Crippen LogP contribution in [0.1, 0.15) is 11.3 Å². The molecule has 4 heteroatoms. The van der Waals surface area contributed by atoms with Crippen LogP contribution in [0.4, 0.5) is 0 Å². The number of rotatable bonds is 6. The van der Waals surface area contributed by atoms with E-state index in [1.165, 1.54) is 0 Å². The number of nitrogens with zero attached hydrogens (tertiary/aromatic N) is 2. The number of benzene rings is 1. The summed E-state index contributed by atoms with van der Waals surface area (Å²) in [6, 6.07) is 9.93. The number of aryl methyl sites for hydroxylation is 1. The van der Waals surface area contributed by atoms with E-state index in [1.807, 2.05) is 43.6 Å². The summed E-state index contributed by atoms with van der Waals surface area (Å²) in [6.07, 6.45) is 3.49. The molecule has 0 bridgehead atoms. The minimum absolute atomic E-state index is 0.147. The van der Waals surface area contributed by atoms with Gasteiger partial charge in [-0.25, -0.2) is 0 Å². The van der Waals surface area contributed by atoms with E-state index in [0.717, 1.165) is 29.8 Å². The molecule has 2 aromatic rings. The lowest BCUT2D eigenvalue weighted by Gasteiger charge is -2.15. The van der Waals surface area contributed by atoms with Gasteiger partial charge in [0.1, 0.15) is 5.75 Å². The van der Waals surface area contributed by atoms with Gasteiger partial charge in [-0.1, -0.05) is 18.2 Å². The van der Waals surface area contributed by atoms with Gasteiger partial charge in [-0.15, -0.1) is 0 Å². The first kappa shape index (κ1) is 13.6. The Kier molecular flexibility index (Phi) is 4.58.